The molecule has 0 bridgehead atoms. The second kappa shape index (κ2) is 2.33. The molecule has 0 saturated carbocycles. The molecule has 0 aromatic carbocycles. The lowest BCUT2D eigenvalue weighted by atomic mass is 10.3. The normalized spacial score (nSPS) is 26.2. The molecule has 52 valence electrons. The molecule has 0 amide bonds. The minimum atomic E-state index is 0.396. The molecule has 0 spiro atoms. The molecule has 0 fully saturated rings. The van der Waals surface area contributed by atoms with Crippen LogP contribution in [0.4, 0.5) is 0 Å². The number of hydrogen-bond donors (Lipinski definition) is 0. The van der Waals surface area contributed by atoms with Gasteiger partial charge in [0.15, 0.2) is 0 Å². The molecule has 3 heteroatoms. The summed E-state index contributed by atoms with van der Waals surface area (Å²) < 4.78 is 0. The summed E-state index contributed by atoms with van der Waals surface area (Å²) >= 11 is 0. The van der Waals surface area contributed by atoms with Crippen molar-refractivity contribution >= 4 is 0 Å². The van der Waals surface area contributed by atoms with Crippen LogP contribution in [0.15, 0.2) is 10.3 Å². The van der Waals surface area contributed by atoms with Gasteiger partial charge in [0.05, 0.1) is 12.6 Å². The molecule has 1 aliphatic heterocycles. The van der Waals surface area contributed by atoms with E-state index in [9.17, 15) is 0 Å². The highest BCUT2D eigenvalue weighted by atomic mass is 15.6. The van der Waals surface area contributed by atoms with Gasteiger partial charge in [0, 0.05) is 6.04 Å². The Morgan fingerprint density at radius 1 is 1.56 bits per heavy atom. The van der Waals surface area contributed by atoms with Crippen LogP contribution in [0, 0.1) is 0 Å². The molecule has 0 N–H and O–H groups in total. The standard InChI is InChI=1S/C6H13N3/c1-5(2)9-4-6(3)7-8-9/h5-6H,4H2,1-3H3. The third-order valence-corrected chi connectivity index (χ3v) is 1.41. The van der Waals surface area contributed by atoms with Gasteiger partial charge in [0.25, 0.3) is 0 Å². The quantitative estimate of drug-likeness (QED) is 0.524. The Balaban J connectivity index is 2.41. The molecule has 1 heterocycles. The zero-order chi connectivity index (χ0) is 6.85. The topological polar surface area (TPSA) is 28.0 Å². The number of rotatable bonds is 1. The van der Waals surface area contributed by atoms with Crippen molar-refractivity contribution in [2.75, 3.05) is 6.54 Å². The molecule has 1 rings (SSSR count). The van der Waals surface area contributed by atoms with E-state index in [1.807, 2.05) is 5.01 Å². The fourth-order valence-electron chi connectivity index (χ4n) is 0.812. The van der Waals surface area contributed by atoms with E-state index in [0.717, 1.165) is 6.54 Å². The average Bonchev–Trinajstić information content (AvgIpc) is 2.14. The number of hydrogen-bond acceptors (Lipinski definition) is 3. The molecule has 1 atom stereocenters. The monoisotopic (exact) mass is 127 g/mol. The third-order valence-electron chi connectivity index (χ3n) is 1.41. The maximum atomic E-state index is 3.99. The van der Waals surface area contributed by atoms with Crippen LogP contribution in [-0.2, 0) is 0 Å². The minimum absolute atomic E-state index is 0.396. The maximum absolute atomic E-state index is 3.99. The van der Waals surface area contributed by atoms with Crippen molar-refractivity contribution in [2.24, 2.45) is 10.3 Å². The van der Waals surface area contributed by atoms with Crippen molar-refractivity contribution in [1.82, 2.24) is 5.01 Å². The van der Waals surface area contributed by atoms with Gasteiger partial charge in [-0.15, -0.1) is 0 Å². The maximum Gasteiger partial charge on any atom is 0.0893 e. The molecule has 9 heavy (non-hydrogen) atoms. The van der Waals surface area contributed by atoms with Crippen LogP contribution in [0.3, 0.4) is 0 Å². The van der Waals surface area contributed by atoms with E-state index in [0.29, 0.717) is 12.1 Å². The van der Waals surface area contributed by atoms with Crippen LogP contribution < -0.4 is 0 Å². The summed E-state index contributed by atoms with van der Waals surface area (Å²) in [4.78, 5) is 0. The number of nitrogens with zero attached hydrogens (tertiary/aromatic N) is 3. The van der Waals surface area contributed by atoms with Crippen molar-refractivity contribution in [3.63, 3.8) is 0 Å². The van der Waals surface area contributed by atoms with Crippen molar-refractivity contribution < 1.29 is 0 Å². The van der Waals surface area contributed by atoms with Gasteiger partial charge in [-0.25, -0.2) is 0 Å². The molecule has 0 radical (unpaired) electrons. The molecule has 0 saturated heterocycles. The van der Waals surface area contributed by atoms with Gasteiger partial charge < -0.3 is 0 Å². The van der Waals surface area contributed by atoms with Gasteiger partial charge in [-0.2, -0.15) is 5.11 Å². The van der Waals surface area contributed by atoms with Gasteiger partial charge in [0.1, 0.15) is 0 Å². The Morgan fingerprint density at radius 2 is 2.22 bits per heavy atom. The lowest BCUT2D eigenvalue weighted by Gasteiger charge is -2.16. The largest absolute Gasteiger partial charge is 0.274 e. The van der Waals surface area contributed by atoms with E-state index >= 15 is 0 Å². The van der Waals surface area contributed by atoms with Gasteiger partial charge in [-0.1, -0.05) is 5.22 Å². The first-order valence-corrected chi connectivity index (χ1v) is 3.37. The Bertz CT molecular complexity index is 119. The summed E-state index contributed by atoms with van der Waals surface area (Å²) in [7, 11) is 0. The van der Waals surface area contributed by atoms with E-state index in [1.165, 1.54) is 0 Å². The molecule has 0 aliphatic carbocycles. The van der Waals surface area contributed by atoms with Gasteiger partial charge in [0.2, 0.25) is 0 Å². The highest BCUT2D eigenvalue weighted by Gasteiger charge is 2.16. The second-order valence-corrected chi connectivity index (χ2v) is 2.77. The van der Waals surface area contributed by atoms with E-state index in [1.54, 1.807) is 0 Å². The average molecular weight is 127 g/mol. The van der Waals surface area contributed by atoms with E-state index in [2.05, 4.69) is 31.1 Å². The van der Waals surface area contributed by atoms with Crippen molar-refractivity contribution in [3.05, 3.63) is 0 Å². The Kier molecular flexibility index (Phi) is 1.69. The van der Waals surface area contributed by atoms with Crippen LogP contribution in [-0.4, -0.2) is 23.6 Å². The lowest BCUT2D eigenvalue weighted by molar-refractivity contribution is 0.251. The summed E-state index contributed by atoms with van der Waals surface area (Å²) in [5.74, 6) is 0. The van der Waals surface area contributed by atoms with Gasteiger partial charge >= 0.3 is 0 Å². The van der Waals surface area contributed by atoms with Crippen molar-refractivity contribution in [3.8, 4) is 0 Å². The summed E-state index contributed by atoms with van der Waals surface area (Å²) in [6, 6.07) is 0.895. The predicted molar refractivity (Wildman–Crippen MR) is 36.2 cm³/mol. The summed E-state index contributed by atoms with van der Waals surface area (Å²) in [6.45, 7) is 7.30. The van der Waals surface area contributed by atoms with Crippen LogP contribution >= 0.6 is 0 Å². The smallest absolute Gasteiger partial charge is 0.0893 e. The Morgan fingerprint density at radius 3 is 2.44 bits per heavy atom. The molecule has 0 aromatic heterocycles. The fraction of sp³-hybridized carbons (Fsp3) is 1.00. The molecule has 3 nitrogen and oxygen atoms in total. The van der Waals surface area contributed by atoms with Crippen LogP contribution in [0.2, 0.25) is 0 Å². The summed E-state index contributed by atoms with van der Waals surface area (Å²) in [6.07, 6.45) is 0. The molecular weight excluding hydrogens is 114 g/mol. The van der Waals surface area contributed by atoms with Crippen molar-refractivity contribution in [1.29, 1.82) is 0 Å². The Hall–Kier alpha value is -0.600. The first-order chi connectivity index (χ1) is 4.20. The highest BCUT2D eigenvalue weighted by Crippen LogP contribution is 2.10. The zero-order valence-electron chi connectivity index (χ0n) is 6.20. The Labute approximate surface area is 55.7 Å². The van der Waals surface area contributed by atoms with Crippen molar-refractivity contribution in [2.45, 2.75) is 32.9 Å². The van der Waals surface area contributed by atoms with Crippen LogP contribution in [0.5, 0.6) is 0 Å². The van der Waals surface area contributed by atoms with E-state index in [-0.39, 0.29) is 0 Å². The van der Waals surface area contributed by atoms with Crippen LogP contribution in [0.25, 0.3) is 0 Å². The molecular formula is C6H13N3. The molecule has 1 aliphatic rings. The second-order valence-electron chi connectivity index (χ2n) is 2.77. The van der Waals surface area contributed by atoms with E-state index in [4.69, 9.17) is 0 Å². The third kappa shape index (κ3) is 1.40. The van der Waals surface area contributed by atoms with E-state index < -0.39 is 0 Å². The lowest BCUT2D eigenvalue weighted by Crippen LogP contribution is -2.26. The first kappa shape index (κ1) is 6.52. The van der Waals surface area contributed by atoms with Crippen LogP contribution in [0.1, 0.15) is 20.8 Å². The van der Waals surface area contributed by atoms with Gasteiger partial charge in [-0.05, 0) is 20.8 Å². The predicted octanol–water partition coefficient (Wildman–Crippen LogP) is 1.47. The van der Waals surface area contributed by atoms with Gasteiger partial charge in [-0.3, -0.25) is 5.01 Å². The highest BCUT2D eigenvalue weighted by molar-refractivity contribution is 4.70. The molecule has 0 aromatic rings. The first-order valence-electron chi connectivity index (χ1n) is 3.37. The molecule has 1 unspecified atom stereocenters. The summed E-state index contributed by atoms with van der Waals surface area (Å²) in [5, 5.41) is 9.97. The SMILES string of the molecule is CC1CN(C(C)C)N=N1. The minimum Gasteiger partial charge on any atom is -0.274 e. The summed E-state index contributed by atoms with van der Waals surface area (Å²) in [5.41, 5.74) is 0. The zero-order valence-corrected chi connectivity index (χ0v) is 6.20. The fourth-order valence-corrected chi connectivity index (χ4v) is 0.812.